The summed E-state index contributed by atoms with van der Waals surface area (Å²) in [6.45, 7) is 0.107. The van der Waals surface area contributed by atoms with Crippen molar-refractivity contribution in [3.05, 3.63) is 29.8 Å². The molecule has 2 fully saturated rings. The molecule has 1 heterocycles. The van der Waals surface area contributed by atoms with E-state index >= 15 is 0 Å². The first-order valence-electron chi connectivity index (χ1n) is 5.60. The second-order valence-corrected chi connectivity index (χ2v) is 4.54. The Hall–Kier alpha value is -2.04. The minimum atomic E-state index is -0.425. The number of nitrogen functional groups attached to an aromatic ring is 1. The standard InChI is InChI=1S/C12H13N3O2/c13-9-3-1-8(2-4-9)12(5-6-12)15-10(16)7-14-11(15)17/h1-4H,5-7,13H2,(H,14,17). The third-order valence-electron chi connectivity index (χ3n) is 3.44. The van der Waals surface area contributed by atoms with Gasteiger partial charge in [0, 0.05) is 5.69 Å². The summed E-state index contributed by atoms with van der Waals surface area (Å²) in [5.74, 6) is -0.149. The second kappa shape index (κ2) is 3.23. The van der Waals surface area contributed by atoms with Crippen LogP contribution in [-0.4, -0.2) is 23.4 Å². The number of carbonyl (C=O) groups excluding carboxylic acids is 2. The highest BCUT2D eigenvalue weighted by Gasteiger charge is 2.55. The Morgan fingerprint density at radius 3 is 2.29 bits per heavy atom. The van der Waals surface area contributed by atoms with E-state index in [0.29, 0.717) is 5.69 Å². The number of hydrogen-bond donors (Lipinski definition) is 2. The van der Waals surface area contributed by atoms with Crippen LogP contribution in [0.2, 0.25) is 0 Å². The summed E-state index contributed by atoms with van der Waals surface area (Å²) in [5, 5.41) is 2.56. The molecule has 1 saturated heterocycles. The number of nitrogens with one attached hydrogen (secondary N) is 1. The molecule has 2 aliphatic rings. The van der Waals surface area contributed by atoms with Crippen molar-refractivity contribution >= 4 is 17.6 Å². The number of nitrogens with two attached hydrogens (primary N) is 1. The van der Waals surface area contributed by atoms with Crippen LogP contribution in [0, 0.1) is 0 Å². The van der Waals surface area contributed by atoms with Gasteiger partial charge in [-0.05, 0) is 30.5 Å². The van der Waals surface area contributed by atoms with Gasteiger partial charge in [-0.1, -0.05) is 12.1 Å². The Morgan fingerprint density at radius 1 is 1.18 bits per heavy atom. The van der Waals surface area contributed by atoms with Gasteiger partial charge in [-0.3, -0.25) is 9.69 Å². The maximum atomic E-state index is 11.7. The van der Waals surface area contributed by atoms with Crippen LogP contribution < -0.4 is 11.1 Å². The summed E-state index contributed by atoms with van der Waals surface area (Å²) >= 11 is 0. The highest BCUT2D eigenvalue weighted by atomic mass is 16.2. The normalized spacial score (nSPS) is 21.5. The summed E-state index contributed by atoms with van der Waals surface area (Å²) < 4.78 is 0. The smallest absolute Gasteiger partial charge is 0.325 e. The molecule has 0 aromatic heterocycles. The van der Waals surface area contributed by atoms with Crippen LogP contribution in [0.5, 0.6) is 0 Å². The molecule has 3 amide bonds. The van der Waals surface area contributed by atoms with Crippen molar-refractivity contribution in [3.63, 3.8) is 0 Å². The lowest BCUT2D eigenvalue weighted by Gasteiger charge is -2.25. The van der Waals surface area contributed by atoms with Crippen molar-refractivity contribution in [2.45, 2.75) is 18.4 Å². The van der Waals surface area contributed by atoms with Gasteiger partial charge in [0.1, 0.15) is 0 Å². The number of imide groups is 1. The van der Waals surface area contributed by atoms with Gasteiger partial charge in [0.25, 0.3) is 5.91 Å². The van der Waals surface area contributed by atoms with E-state index in [2.05, 4.69) is 5.32 Å². The maximum absolute atomic E-state index is 11.7. The molecule has 0 spiro atoms. The van der Waals surface area contributed by atoms with E-state index in [4.69, 9.17) is 5.73 Å². The van der Waals surface area contributed by atoms with Crippen molar-refractivity contribution < 1.29 is 9.59 Å². The highest BCUT2D eigenvalue weighted by molar-refractivity contribution is 6.03. The zero-order valence-corrected chi connectivity index (χ0v) is 9.27. The quantitative estimate of drug-likeness (QED) is 0.584. The zero-order valence-electron chi connectivity index (χ0n) is 9.27. The van der Waals surface area contributed by atoms with Crippen molar-refractivity contribution in [1.82, 2.24) is 10.2 Å². The molecular formula is C12H13N3O2. The molecule has 88 valence electrons. The summed E-state index contributed by atoms with van der Waals surface area (Å²) in [5.41, 5.74) is 6.88. The fraction of sp³-hybridized carbons (Fsp3) is 0.333. The highest BCUT2D eigenvalue weighted by Crippen LogP contribution is 2.51. The molecule has 1 aromatic rings. The van der Waals surface area contributed by atoms with Crippen LogP contribution in [0.4, 0.5) is 10.5 Å². The monoisotopic (exact) mass is 231 g/mol. The van der Waals surface area contributed by atoms with Crippen LogP contribution >= 0.6 is 0 Å². The number of urea groups is 1. The lowest BCUT2D eigenvalue weighted by atomic mass is 10.0. The van der Waals surface area contributed by atoms with Crippen molar-refractivity contribution in [2.24, 2.45) is 0 Å². The van der Waals surface area contributed by atoms with Crippen LogP contribution in [0.25, 0.3) is 0 Å². The molecule has 3 rings (SSSR count). The molecule has 3 N–H and O–H groups in total. The Labute approximate surface area is 98.6 Å². The van der Waals surface area contributed by atoms with Gasteiger partial charge in [0.05, 0.1) is 12.1 Å². The number of rotatable bonds is 2. The Kier molecular flexibility index (Phi) is 1.92. The Morgan fingerprint density at radius 2 is 1.82 bits per heavy atom. The number of benzene rings is 1. The molecule has 1 aliphatic carbocycles. The van der Waals surface area contributed by atoms with E-state index in [-0.39, 0.29) is 18.5 Å². The van der Waals surface area contributed by atoms with Crippen LogP contribution in [0.3, 0.4) is 0 Å². The van der Waals surface area contributed by atoms with Crippen molar-refractivity contribution in [2.75, 3.05) is 12.3 Å². The van der Waals surface area contributed by atoms with E-state index in [1.54, 1.807) is 12.1 Å². The third kappa shape index (κ3) is 1.39. The van der Waals surface area contributed by atoms with Crippen LogP contribution in [0.1, 0.15) is 18.4 Å². The first-order valence-corrected chi connectivity index (χ1v) is 5.60. The number of anilines is 1. The molecule has 0 atom stereocenters. The van der Waals surface area contributed by atoms with Crippen LogP contribution in [-0.2, 0) is 10.3 Å². The van der Waals surface area contributed by atoms with Crippen LogP contribution in [0.15, 0.2) is 24.3 Å². The molecule has 5 heteroatoms. The molecular weight excluding hydrogens is 218 g/mol. The van der Waals surface area contributed by atoms with E-state index < -0.39 is 5.54 Å². The average molecular weight is 231 g/mol. The molecule has 0 bridgehead atoms. The summed E-state index contributed by atoms with van der Waals surface area (Å²) in [7, 11) is 0. The minimum Gasteiger partial charge on any atom is -0.399 e. The lowest BCUT2D eigenvalue weighted by Crippen LogP contribution is -2.40. The molecule has 1 aromatic carbocycles. The summed E-state index contributed by atoms with van der Waals surface area (Å²) in [6.07, 6.45) is 1.66. The number of carbonyl (C=O) groups is 2. The molecule has 1 aliphatic heterocycles. The lowest BCUT2D eigenvalue weighted by molar-refractivity contribution is -0.127. The predicted molar refractivity (Wildman–Crippen MR) is 62.0 cm³/mol. The molecule has 17 heavy (non-hydrogen) atoms. The second-order valence-electron chi connectivity index (χ2n) is 4.54. The summed E-state index contributed by atoms with van der Waals surface area (Å²) in [6, 6.07) is 7.09. The fourth-order valence-corrected chi connectivity index (χ4v) is 2.41. The first kappa shape index (κ1) is 10.1. The molecule has 0 unspecified atom stereocenters. The Balaban J connectivity index is 1.99. The SMILES string of the molecule is Nc1ccc(C2(N3C(=O)CNC3=O)CC2)cc1. The average Bonchev–Trinajstić information content (AvgIpc) is 3.02. The van der Waals surface area contributed by atoms with Gasteiger partial charge < -0.3 is 11.1 Å². The number of nitrogens with zero attached hydrogens (tertiary/aromatic N) is 1. The third-order valence-corrected chi connectivity index (χ3v) is 3.44. The van der Waals surface area contributed by atoms with Gasteiger partial charge in [-0.15, -0.1) is 0 Å². The topological polar surface area (TPSA) is 75.4 Å². The predicted octanol–water partition coefficient (Wildman–Crippen LogP) is 0.810. The number of amides is 3. The Bertz CT molecular complexity index is 475. The van der Waals surface area contributed by atoms with E-state index in [1.165, 1.54) is 4.90 Å². The first-order chi connectivity index (χ1) is 8.13. The van der Waals surface area contributed by atoms with E-state index in [9.17, 15) is 9.59 Å². The van der Waals surface area contributed by atoms with Gasteiger partial charge in [-0.25, -0.2) is 4.79 Å². The van der Waals surface area contributed by atoms with E-state index in [0.717, 1.165) is 18.4 Å². The van der Waals surface area contributed by atoms with Gasteiger partial charge in [-0.2, -0.15) is 0 Å². The maximum Gasteiger partial charge on any atom is 0.325 e. The van der Waals surface area contributed by atoms with Gasteiger partial charge in [0.2, 0.25) is 0 Å². The van der Waals surface area contributed by atoms with Crippen molar-refractivity contribution in [3.8, 4) is 0 Å². The fourth-order valence-electron chi connectivity index (χ4n) is 2.41. The van der Waals surface area contributed by atoms with Crippen molar-refractivity contribution in [1.29, 1.82) is 0 Å². The molecule has 0 radical (unpaired) electrons. The molecule has 5 nitrogen and oxygen atoms in total. The largest absolute Gasteiger partial charge is 0.399 e. The number of hydrogen-bond acceptors (Lipinski definition) is 3. The summed E-state index contributed by atoms with van der Waals surface area (Å²) in [4.78, 5) is 24.8. The van der Waals surface area contributed by atoms with Gasteiger partial charge in [0.15, 0.2) is 0 Å². The molecule has 1 saturated carbocycles. The van der Waals surface area contributed by atoms with Gasteiger partial charge >= 0.3 is 6.03 Å². The van der Waals surface area contributed by atoms with E-state index in [1.807, 2.05) is 12.1 Å². The zero-order chi connectivity index (χ0) is 12.0. The minimum absolute atomic E-state index is 0.107.